The summed E-state index contributed by atoms with van der Waals surface area (Å²) < 4.78 is 0. The maximum Gasteiger partial charge on any atom is 0.112 e. The van der Waals surface area contributed by atoms with E-state index >= 15 is 0 Å². The van der Waals surface area contributed by atoms with E-state index in [-0.39, 0.29) is 10.8 Å². The molecule has 0 saturated heterocycles. The van der Waals surface area contributed by atoms with E-state index < -0.39 is 0 Å². The minimum atomic E-state index is -0.224. The molecule has 0 aromatic heterocycles. The van der Waals surface area contributed by atoms with Crippen LogP contribution in [0.1, 0.15) is 52.9 Å². The van der Waals surface area contributed by atoms with E-state index in [4.69, 9.17) is 5.26 Å². The summed E-state index contributed by atoms with van der Waals surface area (Å²) in [4.78, 5) is 0. The van der Waals surface area contributed by atoms with Gasteiger partial charge < -0.3 is 5.11 Å². The fourth-order valence-electron chi connectivity index (χ4n) is 3.98. The van der Waals surface area contributed by atoms with E-state index in [0.29, 0.717) is 17.3 Å². The average molecular weight is 219 g/mol. The summed E-state index contributed by atoms with van der Waals surface area (Å²) in [7, 11) is 0. The summed E-state index contributed by atoms with van der Waals surface area (Å²) in [5, 5.41) is 19.3. The Balaban J connectivity index is 2.48. The van der Waals surface area contributed by atoms with Gasteiger partial charge in [-0.25, -0.2) is 0 Å². The lowest BCUT2D eigenvalue weighted by molar-refractivity contribution is -0.00349. The van der Waals surface area contributed by atoms with Crippen molar-refractivity contribution in [1.29, 1.82) is 5.26 Å². The number of aliphatic hydroxyl groups is 1. The molecule has 0 aliphatic heterocycles. The van der Waals surface area contributed by atoms with Gasteiger partial charge in [-0.2, -0.15) is 5.26 Å². The molecule has 2 rings (SSSR count). The van der Waals surface area contributed by atoms with Gasteiger partial charge >= 0.3 is 0 Å². The third-order valence-corrected chi connectivity index (χ3v) is 4.81. The van der Waals surface area contributed by atoms with Gasteiger partial charge in [-0.05, 0) is 30.6 Å². The lowest BCUT2D eigenvalue weighted by Gasteiger charge is -2.52. The first-order valence-electron chi connectivity index (χ1n) is 6.24. The Kier molecular flexibility index (Phi) is 2.53. The molecule has 2 unspecified atom stereocenters. The minimum absolute atomic E-state index is 0.221. The molecule has 2 aliphatic carbocycles. The molecule has 0 aromatic rings. The third kappa shape index (κ3) is 1.45. The molecule has 88 valence electrons. The summed E-state index contributed by atoms with van der Waals surface area (Å²) in [6.07, 6.45) is 5.68. The maximum absolute atomic E-state index is 10.2. The number of aliphatic hydroxyl groups excluding tert-OH is 1. The standard InChI is InChI=1S/C14H21NO/c1-13(2)11-6-4-5-7-14(11,3)8-10(9-15)12(13)16/h11,16H,4-8H2,1-3H3. The molecular formula is C14H21NO. The average Bonchev–Trinajstić information content (AvgIpc) is 2.24. The minimum Gasteiger partial charge on any atom is -0.511 e. The Morgan fingerprint density at radius 2 is 2.00 bits per heavy atom. The summed E-state index contributed by atoms with van der Waals surface area (Å²) in [6.45, 7) is 6.47. The zero-order valence-corrected chi connectivity index (χ0v) is 10.5. The predicted octanol–water partition coefficient (Wildman–Crippen LogP) is 3.95. The number of rotatable bonds is 0. The molecule has 0 amide bonds. The van der Waals surface area contributed by atoms with Crippen molar-refractivity contribution in [2.24, 2.45) is 16.7 Å². The Morgan fingerprint density at radius 3 is 2.62 bits per heavy atom. The maximum atomic E-state index is 10.2. The second-order valence-electron chi connectivity index (χ2n) is 6.29. The molecule has 1 N–H and O–H groups in total. The van der Waals surface area contributed by atoms with Gasteiger partial charge in [0.15, 0.2) is 0 Å². The highest BCUT2D eigenvalue weighted by Crippen LogP contribution is 2.58. The van der Waals surface area contributed by atoms with Gasteiger partial charge in [0.1, 0.15) is 5.76 Å². The fraction of sp³-hybridized carbons (Fsp3) is 0.786. The van der Waals surface area contributed by atoms with Crippen LogP contribution in [0, 0.1) is 28.1 Å². The van der Waals surface area contributed by atoms with Crippen molar-refractivity contribution < 1.29 is 5.11 Å². The normalized spacial score (nSPS) is 37.8. The van der Waals surface area contributed by atoms with Crippen LogP contribution in [0.3, 0.4) is 0 Å². The van der Waals surface area contributed by atoms with E-state index in [0.717, 1.165) is 6.42 Å². The van der Waals surface area contributed by atoms with E-state index in [9.17, 15) is 5.11 Å². The number of nitriles is 1. The van der Waals surface area contributed by atoms with Gasteiger partial charge in [-0.15, -0.1) is 0 Å². The van der Waals surface area contributed by atoms with Crippen LogP contribution in [0.25, 0.3) is 0 Å². The molecule has 2 nitrogen and oxygen atoms in total. The first-order valence-corrected chi connectivity index (χ1v) is 6.24. The van der Waals surface area contributed by atoms with Crippen molar-refractivity contribution in [3.63, 3.8) is 0 Å². The molecule has 0 aromatic carbocycles. The third-order valence-electron chi connectivity index (χ3n) is 4.81. The molecule has 2 aliphatic rings. The SMILES string of the molecule is CC12CCCCC1C(C)(C)C(O)=C(C#N)C2. The van der Waals surface area contributed by atoms with Crippen LogP contribution in [0.2, 0.25) is 0 Å². The Bertz CT molecular complexity index is 375. The molecule has 2 heteroatoms. The molecule has 1 fully saturated rings. The molecular weight excluding hydrogens is 198 g/mol. The van der Waals surface area contributed by atoms with Crippen LogP contribution in [0.4, 0.5) is 0 Å². The van der Waals surface area contributed by atoms with Gasteiger partial charge in [0.25, 0.3) is 0 Å². The molecule has 0 spiro atoms. The van der Waals surface area contributed by atoms with Crippen LogP contribution in [0.15, 0.2) is 11.3 Å². The van der Waals surface area contributed by atoms with Crippen LogP contribution >= 0.6 is 0 Å². The largest absolute Gasteiger partial charge is 0.511 e. The lowest BCUT2D eigenvalue weighted by atomic mass is 9.52. The second-order valence-corrected chi connectivity index (χ2v) is 6.29. The van der Waals surface area contributed by atoms with E-state index in [1.807, 2.05) is 0 Å². The topological polar surface area (TPSA) is 44.0 Å². The monoisotopic (exact) mass is 219 g/mol. The number of fused-ring (bicyclic) bond motifs is 1. The van der Waals surface area contributed by atoms with Crippen molar-refractivity contribution in [1.82, 2.24) is 0 Å². The number of hydrogen-bond acceptors (Lipinski definition) is 2. The van der Waals surface area contributed by atoms with Gasteiger partial charge in [-0.1, -0.05) is 33.6 Å². The van der Waals surface area contributed by atoms with Crippen molar-refractivity contribution >= 4 is 0 Å². The summed E-state index contributed by atoms with van der Waals surface area (Å²) in [6, 6.07) is 2.20. The molecule has 16 heavy (non-hydrogen) atoms. The van der Waals surface area contributed by atoms with Crippen LogP contribution < -0.4 is 0 Å². The van der Waals surface area contributed by atoms with E-state index in [1.54, 1.807) is 0 Å². The Hall–Kier alpha value is -0.970. The Labute approximate surface area is 98.0 Å². The van der Waals surface area contributed by atoms with E-state index in [1.165, 1.54) is 25.7 Å². The van der Waals surface area contributed by atoms with Crippen molar-refractivity contribution in [3.8, 4) is 6.07 Å². The van der Waals surface area contributed by atoms with Crippen molar-refractivity contribution in [2.75, 3.05) is 0 Å². The zero-order valence-electron chi connectivity index (χ0n) is 10.5. The number of nitrogens with zero attached hydrogens (tertiary/aromatic N) is 1. The zero-order chi connectivity index (χ0) is 12.0. The highest BCUT2D eigenvalue weighted by molar-refractivity contribution is 5.33. The molecule has 0 bridgehead atoms. The predicted molar refractivity (Wildman–Crippen MR) is 63.7 cm³/mol. The highest BCUT2D eigenvalue weighted by Gasteiger charge is 2.51. The Morgan fingerprint density at radius 1 is 1.31 bits per heavy atom. The summed E-state index contributed by atoms with van der Waals surface area (Å²) >= 11 is 0. The first-order chi connectivity index (χ1) is 7.42. The van der Waals surface area contributed by atoms with Crippen molar-refractivity contribution in [2.45, 2.75) is 52.9 Å². The van der Waals surface area contributed by atoms with Crippen molar-refractivity contribution in [3.05, 3.63) is 11.3 Å². The second kappa shape index (κ2) is 3.52. The number of hydrogen-bond donors (Lipinski definition) is 1. The number of allylic oxidation sites excluding steroid dienone is 2. The molecule has 0 radical (unpaired) electrons. The van der Waals surface area contributed by atoms with Gasteiger partial charge in [-0.3, -0.25) is 0 Å². The summed E-state index contributed by atoms with van der Waals surface area (Å²) in [5.41, 5.74) is 0.614. The fourth-order valence-corrected chi connectivity index (χ4v) is 3.98. The summed E-state index contributed by atoms with van der Waals surface area (Å²) in [5.74, 6) is 0.866. The van der Waals surface area contributed by atoms with Gasteiger partial charge in [0.2, 0.25) is 0 Å². The van der Waals surface area contributed by atoms with Crippen LogP contribution in [-0.4, -0.2) is 5.11 Å². The molecule has 1 saturated carbocycles. The van der Waals surface area contributed by atoms with Crippen LogP contribution in [0.5, 0.6) is 0 Å². The quantitative estimate of drug-likeness (QED) is 0.670. The molecule has 0 heterocycles. The first kappa shape index (κ1) is 11.5. The van der Waals surface area contributed by atoms with E-state index in [2.05, 4.69) is 26.8 Å². The molecule has 2 atom stereocenters. The van der Waals surface area contributed by atoms with Gasteiger partial charge in [0.05, 0.1) is 11.6 Å². The lowest BCUT2D eigenvalue weighted by Crippen LogP contribution is -2.45. The van der Waals surface area contributed by atoms with Crippen LogP contribution in [-0.2, 0) is 0 Å². The smallest absolute Gasteiger partial charge is 0.112 e. The van der Waals surface area contributed by atoms with Gasteiger partial charge in [0, 0.05) is 5.41 Å². The highest BCUT2D eigenvalue weighted by atomic mass is 16.3.